The number of hydrogen-bond acceptors (Lipinski definition) is 5. The van der Waals surface area contributed by atoms with E-state index in [1.807, 2.05) is 0 Å². The number of carbonyl (C=O) groups excluding carboxylic acids is 2. The van der Waals surface area contributed by atoms with Crippen molar-refractivity contribution in [3.63, 3.8) is 0 Å². The largest absolute Gasteiger partial charge is 0.462 e. The van der Waals surface area contributed by atoms with Crippen LogP contribution in [-0.4, -0.2) is 72.2 Å². The molecule has 0 aliphatic rings. The number of rotatable bonds is 54. The van der Waals surface area contributed by atoms with Gasteiger partial charge in [0.25, 0.3) is 0 Å². The van der Waals surface area contributed by atoms with Crippen molar-refractivity contribution >= 4 is 11.9 Å². The topological polar surface area (TPSA) is 70.1 Å². The van der Waals surface area contributed by atoms with Gasteiger partial charge in [-0.1, -0.05) is 220 Å². The molecule has 0 aromatic rings. The third-order valence-electron chi connectivity index (χ3n) is 13.8. The van der Waals surface area contributed by atoms with Crippen LogP contribution in [0.2, 0.25) is 0 Å². The Kier molecular flexibility index (Phi) is 51.9. The molecule has 0 radical (unpaired) electrons. The number of carbonyl (C=O) groups is 2. The molecule has 64 heavy (non-hydrogen) atoms. The molecule has 0 aromatic carbocycles. The van der Waals surface area contributed by atoms with E-state index >= 15 is 0 Å². The maximum Gasteiger partial charge on any atom is 0.306 e. The van der Waals surface area contributed by atoms with Crippen LogP contribution in [0, 0.1) is 0 Å². The third-order valence-corrected chi connectivity index (χ3v) is 13.8. The van der Waals surface area contributed by atoms with Crippen LogP contribution >= 0.6 is 0 Å². The summed E-state index contributed by atoms with van der Waals surface area (Å²) in [5.41, 5.74) is 0. The zero-order chi connectivity index (χ0) is 46.7. The molecule has 0 aliphatic carbocycles. The van der Waals surface area contributed by atoms with Gasteiger partial charge in [0, 0.05) is 32.5 Å². The first kappa shape index (κ1) is 62.9. The van der Waals surface area contributed by atoms with Gasteiger partial charge in [-0.15, -0.1) is 0 Å². The molecule has 382 valence electrons. The molecule has 0 rings (SSSR count). The summed E-state index contributed by atoms with van der Waals surface area (Å²) in [7, 11) is 0. The van der Waals surface area contributed by atoms with Crippen molar-refractivity contribution in [3.05, 3.63) is 0 Å². The van der Waals surface area contributed by atoms with Gasteiger partial charge in [-0.25, -0.2) is 0 Å². The molecule has 0 bridgehead atoms. The predicted octanol–water partition coefficient (Wildman–Crippen LogP) is 17.7. The Hall–Kier alpha value is -1.14. The summed E-state index contributed by atoms with van der Waals surface area (Å²) >= 11 is 0. The van der Waals surface area contributed by atoms with E-state index in [-0.39, 0.29) is 12.1 Å². The van der Waals surface area contributed by atoms with Gasteiger partial charge in [-0.05, 0) is 103 Å². The first-order valence-corrected chi connectivity index (χ1v) is 29.3. The van der Waals surface area contributed by atoms with Crippen molar-refractivity contribution in [1.82, 2.24) is 9.80 Å². The van der Waals surface area contributed by atoms with Gasteiger partial charge in [0.2, 0.25) is 5.91 Å². The minimum atomic E-state index is 0.0350. The average Bonchev–Trinajstić information content (AvgIpc) is 3.29. The maximum atomic E-state index is 13.4. The molecule has 6 nitrogen and oxygen atoms in total. The van der Waals surface area contributed by atoms with Gasteiger partial charge in [-0.3, -0.25) is 9.59 Å². The molecule has 1 N–H and O–H groups in total. The number of ether oxygens (including phenoxy) is 1. The first-order valence-electron chi connectivity index (χ1n) is 29.3. The first-order chi connectivity index (χ1) is 31.5. The summed E-state index contributed by atoms with van der Waals surface area (Å²) in [6.45, 7) is 14.8. The maximum absolute atomic E-state index is 13.4. The molecule has 0 fully saturated rings. The number of hydrogen-bond donors (Lipinski definition) is 1. The highest BCUT2D eigenvalue weighted by Gasteiger charge is 2.15. The van der Waals surface area contributed by atoms with Gasteiger partial charge < -0.3 is 19.6 Å². The summed E-state index contributed by atoms with van der Waals surface area (Å²) < 4.78 is 6.09. The van der Waals surface area contributed by atoms with Crippen LogP contribution < -0.4 is 0 Å². The lowest BCUT2D eigenvalue weighted by Gasteiger charge is -2.23. The number of aliphatic hydroxyl groups is 1. The Morgan fingerprint density at radius 1 is 0.359 bits per heavy atom. The Labute approximate surface area is 401 Å². The average molecular weight is 906 g/mol. The zero-order valence-electron chi connectivity index (χ0n) is 44.2. The van der Waals surface area contributed by atoms with E-state index in [0.29, 0.717) is 18.9 Å². The number of nitrogens with zero attached hydrogens (tertiary/aromatic N) is 2. The standard InChI is InChI=1S/C58H116N2O4/c1-5-9-13-17-21-23-33-43-53-60(54-44-34-24-22-18-14-10-6-2)57(62)48-38-29-25-31-40-50-59(52-42-35-45-55-61)51-41-32-26-30-39-49-58(63)64-56(46-36-27-19-15-11-7-3)47-37-28-20-16-12-8-4/h56,61H,5-55H2,1-4H3. The highest BCUT2D eigenvalue weighted by atomic mass is 16.5. The number of esters is 1. The minimum Gasteiger partial charge on any atom is -0.462 e. The van der Waals surface area contributed by atoms with Crippen molar-refractivity contribution in [2.24, 2.45) is 0 Å². The van der Waals surface area contributed by atoms with Crippen molar-refractivity contribution in [3.8, 4) is 0 Å². The van der Waals surface area contributed by atoms with Crippen LogP contribution in [0.5, 0.6) is 0 Å². The smallest absolute Gasteiger partial charge is 0.306 e. The summed E-state index contributed by atoms with van der Waals surface area (Å²) in [6, 6.07) is 0. The summed E-state index contributed by atoms with van der Waals surface area (Å²) in [4.78, 5) is 31.2. The Morgan fingerprint density at radius 2 is 0.656 bits per heavy atom. The fourth-order valence-corrected chi connectivity index (χ4v) is 9.44. The third kappa shape index (κ3) is 46.0. The number of unbranched alkanes of at least 4 members (excludes halogenated alkanes) is 34. The lowest BCUT2D eigenvalue weighted by molar-refractivity contribution is -0.150. The minimum absolute atomic E-state index is 0.0350. The Morgan fingerprint density at radius 3 is 1.03 bits per heavy atom. The quantitative estimate of drug-likeness (QED) is 0.0486. The molecule has 1 amide bonds. The van der Waals surface area contributed by atoms with Crippen LogP contribution in [0.15, 0.2) is 0 Å². The molecule has 0 saturated heterocycles. The second kappa shape index (κ2) is 52.8. The van der Waals surface area contributed by atoms with Crippen LogP contribution in [-0.2, 0) is 14.3 Å². The van der Waals surface area contributed by atoms with Crippen LogP contribution in [0.3, 0.4) is 0 Å². The number of aliphatic hydroxyl groups excluding tert-OH is 1. The molecule has 0 atom stereocenters. The molecule has 0 aromatic heterocycles. The molecule has 0 heterocycles. The SMILES string of the molecule is CCCCCCCCCCN(CCCCCCCCCC)C(=O)CCCCCCCN(CCCCCO)CCCCCCCC(=O)OC(CCCCCCCC)CCCCCCCC. The van der Waals surface area contributed by atoms with Crippen molar-refractivity contribution in [2.75, 3.05) is 39.3 Å². The lowest BCUT2D eigenvalue weighted by Crippen LogP contribution is -2.32. The second-order valence-corrected chi connectivity index (χ2v) is 20.2. The van der Waals surface area contributed by atoms with E-state index in [2.05, 4.69) is 37.5 Å². The molecule has 6 heteroatoms. The van der Waals surface area contributed by atoms with Crippen LogP contribution in [0.25, 0.3) is 0 Å². The second-order valence-electron chi connectivity index (χ2n) is 20.2. The highest BCUT2D eigenvalue weighted by molar-refractivity contribution is 5.76. The summed E-state index contributed by atoms with van der Waals surface area (Å²) in [5, 5.41) is 9.31. The fraction of sp³-hybridized carbons (Fsp3) is 0.966. The molecule has 0 aliphatic heterocycles. The van der Waals surface area contributed by atoms with Gasteiger partial charge in [0.1, 0.15) is 6.10 Å². The molecule has 0 spiro atoms. The van der Waals surface area contributed by atoms with Gasteiger partial charge in [0.05, 0.1) is 0 Å². The summed E-state index contributed by atoms with van der Waals surface area (Å²) in [5.74, 6) is 0.443. The highest BCUT2D eigenvalue weighted by Crippen LogP contribution is 2.19. The Bertz CT molecular complexity index is 894. The van der Waals surface area contributed by atoms with E-state index in [4.69, 9.17) is 4.74 Å². The zero-order valence-corrected chi connectivity index (χ0v) is 44.2. The number of amides is 1. The van der Waals surface area contributed by atoms with E-state index in [0.717, 1.165) is 96.9 Å². The fourth-order valence-electron chi connectivity index (χ4n) is 9.44. The van der Waals surface area contributed by atoms with E-state index < -0.39 is 0 Å². The monoisotopic (exact) mass is 905 g/mol. The lowest BCUT2D eigenvalue weighted by atomic mass is 10.0. The van der Waals surface area contributed by atoms with Crippen molar-refractivity contribution in [1.29, 1.82) is 0 Å². The molecular weight excluding hydrogens is 789 g/mol. The van der Waals surface area contributed by atoms with Gasteiger partial charge in [-0.2, -0.15) is 0 Å². The predicted molar refractivity (Wildman–Crippen MR) is 280 cm³/mol. The van der Waals surface area contributed by atoms with Gasteiger partial charge in [0.15, 0.2) is 0 Å². The molecule has 0 unspecified atom stereocenters. The normalized spacial score (nSPS) is 11.7. The van der Waals surface area contributed by atoms with E-state index in [1.54, 1.807) is 0 Å². The van der Waals surface area contributed by atoms with Gasteiger partial charge >= 0.3 is 5.97 Å². The Balaban J connectivity index is 4.52. The van der Waals surface area contributed by atoms with Crippen molar-refractivity contribution < 1.29 is 19.4 Å². The van der Waals surface area contributed by atoms with E-state index in [9.17, 15) is 14.7 Å². The van der Waals surface area contributed by atoms with E-state index in [1.165, 1.54) is 218 Å². The molecular formula is C58H116N2O4. The summed E-state index contributed by atoms with van der Waals surface area (Å²) in [6.07, 6.45) is 54.9. The van der Waals surface area contributed by atoms with Crippen LogP contribution in [0.4, 0.5) is 0 Å². The molecule has 0 saturated carbocycles. The van der Waals surface area contributed by atoms with Crippen LogP contribution in [0.1, 0.15) is 317 Å². The van der Waals surface area contributed by atoms with Crippen molar-refractivity contribution in [2.45, 2.75) is 323 Å².